The lowest BCUT2D eigenvalue weighted by atomic mass is 10.1. The number of aliphatic hydroxyl groups excluding tert-OH is 2. The topological polar surface area (TPSA) is 88.0 Å². The van der Waals surface area contributed by atoms with Gasteiger partial charge in [-0.15, -0.1) is 0 Å². The smallest absolute Gasteiger partial charge is 0.407 e. The van der Waals surface area contributed by atoms with Gasteiger partial charge in [-0.05, 0) is 27.7 Å². The fraction of sp³-hybridized carbons (Fsp3) is 0.909. The average molecular weight is 247 g/mol. The van der Waals surface area contributed by atoms with E-state index in [9.17, 15) is 15.0 Å². The lowest BCUT2D eigenvalue weighted by Crippen LogP contribution is -2.46. The first-order valence-corrected chi connectivity index (χ1v) is 5.70. The number of hydrogen-bond donors (Lipinski definition) is 3. The van der Waals surface area contributed by atoms with Crippen LogP contribution in [0.2, 0.25) is 0 Å². The minimum Gasteiger partial charge on any atom is -0.444 e. The quantitative estimate of drug-likeness (QED) is 0.656. The molecule has 1 fully saturated rings. The van der Waals surface area contributed by atoms with Crippen LogP contribution in [-0.4, -0.2) is 46.4 Å². The van der Waals surface area contributed by atoms with Crippen LogP contribution in [0.1, 0.15) is 34.1 Å². The molecule has 0 saturated carbocycles. The van der Waals surface area contributed by atoms with Gasteiger partial charge in [-0.2, -0.15) is 0 Å². The second-order valence-electron chi connectivity index (χ2n) is 5.28. The number of amides is 1. The molecule has 1 aliphatic rings. The number of alkyl carbamates (subject to hydrolysis) is 1. The van der Waals surface area contributed by atoms with Crippen LogP contribution in [0.25, 0.3) is 0 Å². The van der Waals surface area contributed by atoms with E-state index in [1.165, 1.54) is 0 Å². The van der Waals surface area contributed by atoms with Gasteiger partial charge in [-0.1, -0.05) is 0 Å². The highest BCUT2D eigenvalue weighted by atomic mass is 16.6. The molecule has 1 rings (SSSR count). The van der Waals surface area contributed by atoms with E-state index in [0.717, 1.165) is 0 Å². The summed E-state index contributed by atoms with van der Waals surface area (Å²) in [6.45, 7) is 6.84. The van der Waals surface area contributed by atoms with Crippen molar-refractivity contribution in [1.29, 1.82) is 0 Å². The zero-order chi connectivity index (χ0) is 13.2. The molecular formula is C11H21NO5. The van der Waals surface area contributed by atoms with Crippen molar-refractivity contribution in [1.82, 2.24) is 5.32 Å². The second kappa shape index (κ2) is 5.20. The van der Waals surface area contributed by atoms with E-state index in [2.05, 4.69) is 5.32 Å². The first-order valence-electron chi connectivity index (χ1n) is 5.70. The standard InChI is InChI=1S/C11H21NO5/c1-6(13)9-7(5-8(14)16-9)12-10(15)17-11(2,3)4/h6-9,13-14H,5H2,1-4H3,(H,12,15)/t6-,7+,8?,9-/m1/s1. The maximum Gasteiger partial charge on any atom is 0.407 e. The van der Waals surface area contributed by atoms with Crippen molar-refractivity contribution in [3.63, 3.8) is 0 Å². The van der Waals surface area contributed by atoms with Crippen LogP contribution in [0, 0.1) is 0 Å². The van der Waals surface area contributed by atoms with Crippen LogP contribution in [-0.2, 0) is 9.47 Å². The maximum atomic E-state index is 11.5. The van der Waals surface area contributed by atoms with E-state index >= 15 is 0 Å². The number of aliphatic hydroxyl groups is 2. The summed E-state index contributed by atoms with van der Waals surface area (Å²) in [5.41, 5.74) is -0.581. The molecule has 4 atom stereocenters. The molecule has 6 heteroatoms. The van der Waals surface area contributed by atoms with Gasteiger partial charge in [0.25, 0.3) is 0 Å². The maximum absolute atomic E-state index is 11.5. The van der Waals surface area contributed by atoms with Crippen LogP contribution in [0.3, 0.4) is 0 Å². The molecule has 1 heterocycles. The third-order valence-corrected chi connectivity index (χ3v) is 2.34. The summed E-state index contributed by atoms with van der Waals surface area (Å²) < 4.78 is 10.2. The summed E-state index contributed by atoms with van der Waals surface area (Å²) >= 11 is 0. The molecule has 0 aromatic carbocycles. The van der Waals surface area contributed by atoms with Gasteiger partial charge in [0, 0.05) is 6.42 Å². The normalized spacial score (nSPS) is 31.1. The SMILES string of the molecule is C[C@@H](O)[C@H]1OC(O)C[C@@H]1NC(=O)OC(C)(C)C. The number of carbonyl (C=O) groups is 1. The van der Waals surface area contributed by atoms with Crippen molar-refractivity contribution >= 4 is 6.09 Å². The fourth-order valence-corrected chi connectivity index (χ4v) is 1.73. The van der Waals surface area contributed by atoms with Crippen molar-refractivity contribution < 1.29 is 24.5 Å². The Bertz CT molecular complexity index is 274. The Hall–Kier alpha value is -0.850. The molecule has 1 unspecified atom stereocenters. The van der Waals surface area contributed by atoms with Crippen molar-refractivity contribution in [3.8, 4) is 0 Å². The lowest BCUT2D eigenvalue weighted by molar-refractivity contribution is -0.119. The van der Waals surface area contributed by atoms with Crippen LogP contribution >= 0.6 is 0 Å². The van der Waals surface area contributed by atoms with Gasteiger partial charge in [0.15, 0.2) is 6.29 Å². The third-order valence-electron chi connectivity index (χ3n) is 2.34. The van der Waals surface area contributed by atoms with Crippen LogP contribution < -0.4 is 5.32 Å². The van der Waals surface area contributed by atoms with Crippen molar-refractivity contribution in [2.45, 2.75) is 64.3 Å². The molecule has 100 valence electrons. The van der Waals surface area contributed by atoms with Crippen molar-refractivity contribution in [2.75, 3.05) is 0 Å². The molecule has 3 N–H and O–H groups in total. The predicted molar refractivity (Wildman–Crippen MR) is 60.3 cm³/mol. The number of hydrogen-bond acceptors (Lipinski definition) is 5. The third kappa shape index (κ3) is 4.49. The summed E-state index contributed by atoms with van der Waals surface area (Å²) in [7, 11) is 0. The van der Waals surface area contributed by atoms with Gasteiger partial charge in [0.2, 0.25) is 0 Å². The Kier molecular flexibility index (Phi) is 4.35. The van der Waals surface area contributed by atoms with Gasteiger partial charge in [0.05, 0.1) is 12.1 Å². The highest BCUT2D eigenvalue weighted by Gasteiger charge is 2.38. The Morgan fingerprint density at radius 2 is 2.12 bits per heavy atom. The Morgan fingerprint density at radius 1 is 1.53 bits per heavy atom. The van der Waals surface area contributed by atoms with Crippen LogP contribution in [0.15, 0.2) is 0 Å². The monoisotopic (exact) mass is 247 g/mol. The number of ether oxygens (including phenoxy) is 2. The van der Waals surface area contributed by atoms with E-state index in [0.29, 0.717) is 0 Å². The van der Waals surface area contributed by atoms with E-state index < -0.39 is 36.2 Å². The van der Waals surface area contributed by atoms with Gasteiger partial charge in [-0.25, -0.2) is 4.79 Å². The van der Waals surface area contributed by atoms with E-state index in [1.807, 2.05) is 0 Å². The van der Waals surface area contributed by atoms with E-state index in [4.69, 9.17) is 9.47 Å². The Morgan fingerprint density at radius 3 is 2.59 bits per heavy atom. The predicted octanol–water partition coefficient (Wildman–Crippen LogP) is 0.368. The molecule has 0 spiro atoms. The molecule has 0 aliphatic carbocycles. The molecule has 17 heavy (non-hydrogen) atoms. The molecule has 1 amide bonds. The average Bonchev–Trinajstić information content (AvgIpc) is 2.42. The van der Waals surface area contributed by atoms with Gasteiger partial charge < -0.3 is 25.0 Å². The summed E-state index contributed by atoms with van der Waals surface area (Å²) in [5, 5.41) is 21.4. The first kappa shape index (κ1) is 14.2. The summed E-state index contributed by atoms with van der Waals surface area (Å²) in [5.74, 6) is 0. The molecular weight excluding hydrogens is 226 g/mol. The molecule has 0 radical (unpaired) electrons. The molecule has 0 aromatic heterocycles. The number of rotatable bonds is 2. The van der Waals surface area contributed by atoms with Crippen LogP contribution in [0.5, 0.6) is 0 Å². The van der Waals surface area contributed by atoms with E-state index in [-0.39, 0.29) is 6.42 Å². The van der Waals surface area contributed by atoms with Crippen molar-refractivity contribution in [2.24, 2.45) is 0 Å². The largest absolute Gasteiger partial charge is 0.444 e. The first-order chi connectivity index (χ1) is 7.69. The van der Waals surface area contributed by atoms with Gasteiger partial charge >= 0.3 is 6.09 Å². The Labute approximate surface area is 101 Å². The minimum atomic E-state index is -0.963. The lowest BCUT2D eigenvalue weighted by Gasteiger charge is -2.24. The second-order valence-corrected chi connectivity index (χ2v) is 5.28. The summed E-state index contributed by atoms with van der Waals surface area (Å²) in [6, 6.07) is -0.445. The molecule has 1 aliphatic heterocycles. The number of carbonyl (C=O) groups excluding carboxylic acids is 1. The summed E-state index contributed by atoms with van der Waals surface area (Å²) in [4.78, 5) is 11.5. The highest BCUT2D eigenvalue weighted by molar-refractivity contribution is 5.68. The fourth-order valence-electron chi connectivity index (χ4n) is 1.73. The minimum absolute atomic E-state index is 0.245. The molecule has 0 bridgehead atoms. The zero-order valence-electron chi connectivity index (χ0n) is 10.6. The van der Waals surface area contributed by atoms with Gasteiger partial charge in [0.1, 0.15) is 11.7 Å². The zero-order valence-corrected chi connectivity index (χ0v) is 10.6. The summed E-state index contributed by atoms with van der Waals surface area (Å²) in [6.07, 6.45) is -2.68. The van der Waals surface area contributed by atoms with Gasteiger partial charge in [-0.3, -0.25) is 0 Å². The molecule has 6 nitrogen and oxygen atoms in total. The molecule has 1 saturated heterocycles. The molecule has 0 aromatic rings. The van der Waals surface area contributed by atoms with E-state index in [1.54, 1.807) is 27.7 Å². The highest BCUT2D eigenvalue weighted by Crippen LogP contribution is 2.22. The van der Waals surface area contributed by atoms with Crippen molar-refractivity contribution in [3.05, 3.63) is 0 Å². The van der Waals surface area contributed by atoms with Crippen LogP contribution in [0.4, 0.5) is 4.79 Å². The number of nitrogens with one attached hydrogen (secondary N) is 1. The Balaban J connectivity index is 2.52.